The van der Waals surface area contributed by atoms with Gasteiger partial charge in [-0.2, -0.15) is 0 Å². The lowest BCUT2D eigenvalue weighted by molar-refractivity contribution is -0.146. The summed E-state index contributed by atoms with van der Waals surface area (Å²) in [5.41, 5.74) is 7.22. The average Bonchev–Trinajstić information content (AvgIpc) is 2.78. The molecule has 8 nitrogen and oxygen atoms in total. The van der Waals surface area contributed by atoms with Crippen LogP contribution in [-0.4, -0.2) is 54.8 Å². The Morgan fingerprint density at radius 3 is 2.03 bits per heavy atom. The average molecular weight is 460 g/mol. The Kier molecular flexibility index (Phi) is 7.87. The first-order chi connectivity index (χ1) is 15.6. The first-order valence-corrected chi connectivity index (χ1v) is 11.8. The number of ether oxygens (including phenoxy) is 2. The van der Waals surface area contributed by atoms with E-state index in [0.717, 1.165) is 18.5 Å². The molecule has 0 bridgehead atoms. The normalized spacial score (nSPS) is 21.9. The summed E-state index contributed by atoms with van der Waals surface area (Å²) in [5.74, 6) is 0.0753. The van der Waals surface area contributed by atoms with Gasteiger partial charge in [-0.25, -0.2) is 9.59 Å². The summed E-state index contributed by atoms with van der Waals surface area (Å²) in [6.45, 7) is 6.95. The minimum Gasteiger partial charge on any atom is -0.469 e. The Labute approximate surface area is 196 Å². The van der Waals surface area contributed by atoms with Crippen LogP contribution >= 0.6 is 0 Å². The van der Waals surface area contributed by atoms with E-state index in [0.29, 0.717) is 44.7 Å². The number of benzene rings is 1. The maximum Gasteiger partial charge on any atom is 0.410 e. The minimum absolute atomic E-state index is 0.0219. The quantitative estimate of drug-likeness (QED) is 0.672. The fourth-order valence-corrected chi connectivity index (χ4v) is 4.88. The molecule has 0 radical (unpaired) electrons. The molecular formula is C25H37N3O5. The van der Waals surface area contributed by atoms with Crippen LogP contribution in [0.25, 0.3) is 0 Å². The summed E-state index contributed by atoms with van der Waals surface area (Å²) in [7, 11) is 1.41. The van der Waals surface area contributed by atoms with Crippen molar-refractivity contribution in [1.82, 2.24) is 4.90 Å². The Balaban J connectivity index is 1.59. The number of rotatable bonds is 4. The van der Waals surface area contributed by atoms with Crippen LogP contribution in [0.3, 0.4) is 0 Å². The van der Waals surface area contributed by atoms with Gasteiger partial charge in [0.2, 0.25) is 0 Å². The van der Waals surface area contributed by atoms with Crippen LogP contribution in [-0.2, 0) is 14.3 Å². The van der Waals surface area contributed by atoms with E-state index in [1.165, 1.54) is 12.7 Å². The maximum absolute atomic E-state index is 12.3. The number of carbonyl (C=O) groups excluding carboxylic acids is 3. The van der Waals surface area contributed by atoms with Crippen LogP contribution in [0.15, 0.2) is 24.3 Å². The van der Waals surface area contributed by atoms with Crippen LogP contribution in [0.1, 0.15) is 70.8 Å². The zero-order valence-electron chi connectivity index (χ0n) is 20.2. The molecular weight excluding hydrogens is 422 g/mol. The molecule has 3 rings (SSSR count). The predicted molar refractivity (Wildman–Crippen MR) is 126 cm³/mol. The van der Waals surface area contributed by atoms with Crippen LogP contribution in [0, 0.1) is 5.92 Å². The number of likely N-dealkylation sites (tertiary alicyclic amines) is 1. The van der Waals surface area contributed by atoms with Gasteiger partial charge in [-0.1, -0.05) is 12.1 Å². The monoisotopic (exact) mass is 459 g/mol. The van der Waals surface area contributed by atoms with Gasteiger partial charge in [-0.15, -0.1) is 0 Å². The number of hydrogen-bond acceptors (Lipinski definition) is 5. The summed E-state index contributed by atoms with van der Waals surface area (Å²) in [4.78, 5) is 39.8. The van der Waals surface area contributed by atoms with E-state index in [9.17, 15) is 14.4 Å². The molecule has 1 aliphatic carbocycles. The number of nitrogens with zero attached hydrogens (tertiary/aromatic N) is 2. The molecule has 1 aromatic rings. The van der Waals surface area contributed by atoms with Gasteiger partial charge in [0.25, 0.3) is 0 Å². The molecule has 0 aromatic heterocycles. The molecule has 8 heteroatoms. The zero-order valence-corrected chi connectivity index (χ0v) is 20.2. The fourth-order valence-electron chi connectivity index (χ4n) is 4.88. The van der Waals surface area contributed by atoms with E-state index in [2.05, 4.69) is 12.1 Å². The van der Waals surface area contributed by atoms with Gasteiger partial charge in [0.15, 0.2) is 0 Å². The third kappa shape index (κ3) is 6.39. The van der Waals surface area contributed by atoms with Gasteiger partial charge in [-0.05, 0) is 82.9 Å². The molecule has 2 aliphatic rings. The molecule has 1 saturated carbocycles. The number of primary amides is 1. The highest BCUT2D eigenvalue weighted by molar-refractivity contribution is 5.91. The summed E-state index contributed by atoms with van der Waals surface area (Å²) in [6.07, 6.45) is 4.30. The third-order valence-corrected chi connectivity index (χ3v) is 6.62. The molecule has 1 heterocycles. The highest BCUT2D eigenvalue weighted by atomic mass is 16.6. The van der Waals surface area contributed by atoms with E-state index in [1.807, 2.05) is 32.9 Å². The second kappa shape index (κ2) is 10.4. The van der Waals surface area contributed by atoms with Gasteiger partial charge in [0.05, 0.1) is 13.0 Å². The van der Waals surface area contributed by atoms with Crippen molar-refractivity contribution in [1.29, 1.82) is 0 Å². The number of carbonyl (C=O) groups is 3. The van der Waals surface area contributed by atoms with Gasteiger partial charge >= 0.3 is 18.1 Å². The lowest BCUT2D eigenvalue weighted by Gasteiger charge is -2.36. The summed E-state index contributed by atoms with van der Waals surface area (Å²) >= 11 is 0. The van der Waals surface area contributed by atoms with Crippen LogP contribution in [0.2, 0.25) is 0 Å². The van der Waals surface area contributed by atoms with Gasteiger partial charge < -0.3 is 20.1 Å². The van der Waals surface area contributed by atoms with Gasteiger partial charge in [0.1, 0.15) is 5.60 Å². The van der Waals surface area contributed by atoms with E-state index in [4.69, 9.17) is 15.2 Å². The Morgan fingerprint density at radius 2 is 1.55 bits per heavy atom. The largest absolute Gasteiger partial charge is 0.469 e. The molecule has 0 unspecified atom stereocenters. The molecule has 0 atom stereocenters. The standard InChI is InChI=1S/C25H37N3O5/c1-25(2,3)33-24(31)27-15-13-18(14-16-27)17-5-9-20(10-6-17)28(23(26)30)21-11-7-19(8-12-21)22(29)32-4/h5-6,9-10,18-19,21H,7-8,11-16H2,1-4H3,(H2,26,30). The summed E-state index contributed by atoms with van der Waals surface area (Å²) < 4.78 is 10.3. The van der Waals surface area contributed by atoms with Gasteiger partial charge in [-0.3, -0.25) is 9.69 Å². The smallest absolute Gasteiger partial charge is 0.410 e. The SMILES string of the molecule is COC(=O)C1CCC(N(C(N)=O)c2ccc(C3CCN(C(=O)OC(C)(C)C)CC3)cc2)CC1. The number of urea groups is 1. The minimum atomic E-state index is -0.491. The Hall–Kier alpha value is -2.77. The van der Waals surface area contributed by atoms with Crippen molar-refractivity contribution in [3.05, 3.63) is 29.8 Å². The summed E-state index contributed by atoms with van der Waals surface area (Å²) in [5, 5.41) is 0. The van der Waals surface area contributed by atoms with E-state index in [-0.39, 0.29) is 24.0 Å². The second-order valence-corrected chi connectivity index (χ2v) is 10.1. The molecule has 0 spiro atoms. The Morgan fingerprint density at radius 1 is 0.970 bits per heavy atom. The van der Waals surface area contributed by atoms with Crippen LogP contribution in [0.4, 0.5) is 15.3 Å². The summed E-state index contributed by atoms with van der Waals surface area (Å²) in [6, 6.07) is 7.51. The first kappa shape index (κ1) is 24.9. The number of amides is 3. The predicted octanol–water partition coefficient (Wildman–Crippen LogP) is 4.42. The molecule has 182 valence electrons. The number of hydrogen-bond donors (Lipinski definition) is 1. The molecule has 1 aliphatic heterocycles. The topological polar surface area (TPSA) is 102 Å². The van der Waals surface area contributed by atoms with Crippen molar-refractivity contribution < 1.29 is 23.9 Å². The molecule has 2 N–H and O–H groups in total. The van der Waals surface area contributed by atoms with Crippen molar-refractivity contribution in [2.75, 3.05) is 25.1 Å². The molecule has 3 amide bonds. The number of anilines is 1. The van der Waals surface area contributed by atoms with E-state index in [1.54, 1.807) is 9.80 Å². The van der Waals surface area contributed by atoms with Crippen molar-refractivity contribution in [2.24, 2.45) is 11.7 Å². The number of methoxy groups -OCH3 is 1. The third-order valence-electron chi connectivity index (χ3n) is 6.62. The fraction of sp³-hybridized carbons (Fsp3) is 0.640. The zero-order chi connectivity index (χ0) is 24.2. The molecule has 1 aromatic carbocycles. The highest BCUT2D eigenvalue weighted by Crippen LogP contribution is 2.33. The van der Waals surface area contributed by atoms with E-state index < -0.39 is 11.6 Å². The number of piperidine rings is 1. The van der Waals surface area contributed by atoms with Crippen molar-refractivity contribution in [2.45, 2.75) is 76.9 Å². The van der Waals surface area contributed by atoms with Crippen molar-refractivity contribution in [3.8, 4) is 0 Å². The number of esters is 1. The second-order valence-electron chi connectivity index (χ2n) is 10.1. The van der Waals surface area contributed by atoms with Gasteiger partial charge in [0, 0.05) is 24.8 Å². The molecule has 33 heavy (non-hydrogen) atoms. The van der Waals surface area contributed by atoms with Crippen molar-refractivity contribution >= 4 is 23.8 Å². The Bertz CT molecular complexity index is 833. The van der Waals surface area contributed by atoms with Crippen LogP contribution in [0.5, 0.6) is 0 Å². The van der Waals surface area contributed by atoms with Crippen LogP contribution < -0.4 is 10.6 Å². The highest BCUT2D eigenvalue weighted by Gasteiger charge is 2.32. The molecule has 1 saturated heterocycles. The lowest BCUT2D eigenvalue weighted by Crippen LogP contribution is -2.46. The lowest BCUT2D eigenvalue weighted by atomic mass is 9.85. The van der Waals surface area contributed by atoms with Crippen molar-refractivity contribution in [3.63, 3.8) is 0 Å². The molecule has 2 fully saturated rings. The maximum atomic E-state index is 12.3. The van der Waals surface area contributed by atoms with E-state index >= 15 is 0 Å². The first-order valence-electron chi connectivity index (χ1n) is 11.8. The number of nitrogens with two attached hydrogens (primary N) is 1.